The first kappa shape index (κ1) is 28.7. The molecule has 0 bridgehead atoms. The van der Waals surface area contributed by atoms with Gasteiger partial charge in [-0.2, -0.15) is 5.10 Å². The molecule has 1 unspecified atom stereocenters. The van der Waals surface area contributed by atoms with Crippen LogP contribution >= 0.6 is 11.3 Å². The average Bonchev–Trinajstić information content (AvgIpc) is 3.32. The lowest BCUT2D eigenvalue weighted by molar-refractivity contribution is 0.0520. The van der Waals surface area contributed by atoms with Gasteiger partial charge in [0.05, 0.1) is 24.1 Å². The number of halogens is 1. The van der Waals surface area contributed by atoms with E-state index in [4.69, 9.17) is 19.7 Å². The Morgan fingerprint density at radius 2 is 1.98 bits per heavy atom. The lowest BCUT2D eigenvalue weighted by Crippen LogP contribution is -2.10. The normalized spacial score (nSPS) is 16.1. The summed E-state index contributed by atoms with van der Waals surface area (Å²) in [5.74, 6) is 0.342. The van der Waals surface area contributed by atoms with Crippen molar-refractivity contribution in [3.63, 3.8) is 0 Å². The standard InChI is InChI=1S/C31H33FN4O4S2/c1-2-39-30(37)27-18-41-31(34-27)36-28(14-19-10-11-19)25(16-20-12-13-24(42(33)38)17-26(20)32)29(35-36)21-6-5-9-23(15-21)40-22-7-3-4-8-22/h5-6,9,12-13,15,17-19,22H,2-4,7-8,10-11,14,16H2,1H3,(H2,33,38)/p+1. The number of hydrogen-bond acceptors (Lipinski definition) is 7. The van der Waals surface area contributed by atoms with Crippen LogP contribution in [0.15, 0.2) is 52.7 Å². The Bertz CT molecular complexity index is 1620. The predicted molar refractivity (Wildman–Crippen MR) is 161 cm³/mol. The molecule has 0 amide bonds. The van der Waals surface area contributed by atoms with Crippen LogP contribution in [0.25, 0.3) is 16.4 Å². The molecule has 2 aromatic heterocycles. The van der Waals surface area contributed by atoms with Gasteiger partial charge in [-0.25, -0.2) is 18.9 Å². The largest absolute Gasteiger partial charge is 0.490 e. The Hall–Kier alpha value is -3.41. The molecule has 2 aromatic carbocycles. The van der Waals surface area contributed by atoms with Gasteiger partial charge in [0.2, 0.25) is 5.13 Å². The van der Waals surface area contributed by atoms with Gasteiger partial charge in [0, 0.05) is 29.0 Å². The maximum absolute atomic E-state index is 15.3. The lowest BCUT2D eigenvalue weighted by atomic mass is 9.96. The highest BCUT2D eigenvalue weighted by atomic mass is 32.2. The quantitative estimate of drug-likeness (QED) is 0.125. The van der Waals surface area contributed by atoms with Crippen molar-refractivity contribution in [1.29, 1.82) is 0 Å². The van der Waals surface area contributed by atoms with Gasteiger partial charge in [0.15, 0.2) is 21.6 Å². The van der Waals surface area contributed by atoms with Crippen LogP contribution in [-0.4, -0.2) is 33.4 Å². The molecule has 2 heterocycles. The number of nitrogens with two attached hydrogens (primary N) is 1. The van der Waals surface area contributed by atoms with E-state index in [1.165, 1.54) is 30.2 Å². The Labute approximate surface area is 250 Å². The van der Waals surface area contributed by atoms with E-state index in [-0.39, 0.29) is 29.7 Å². The second-order valence-corrected chi connectivity index (χ2v) is 12.9. The van der Waals surface area contributed by atoms with Gasteiger partial charge < -0.3 is 9.47 Å². The van der Waals surface area contributed by atoms with E-state index >= 15 is 4.39 Å². The van der Waals surface area contributed by atoms with Crippen LogP contribution in [0.2, 0.25) is 0 Å². The molecule has 0 saturated heterocycles. The van der Waals surface area contributed by atoms with Crippen LogP contribution in [-0.2, 0) is 32.8 Å². The summed E-state index contributed by atoms with van der Waals surface area (Å²) in [6.07, 6.45) is 7.91. The van der Waals surface area contributed by atoms with Crippen molar-refractivity contribution in [3.05, 3.63) is 76.2 Å². The summed E-state index contributed by atoms with van der Waals surface area (Å²) in [5, 5.41) is 12.8. The molecule has 4 aromatic rings. The maximum Gasteiger partial charge on any atom is 0.357 e. The van der Waals surface area contributed by atoms with E-state index in [9.17, 15) is 9.00 Å². The van der Waals surface area contributed by atoms with Gasteiger partial charge in [-0.05, 0) is 81.5 Å². The first-order valence-electron chi connectivity index (χ1n) is 14.4. The highest BCUT2D eigenvalue weighted by molar-refractivity contribution is 7.82. The molecule has 42 heavy (non-hydrogen) atoms. The molecular formula is C31H34FN4O4S2+. The lowest BCUT2D eigenvalue weighted by Gasteiger charge is -2.14. The van der Waals surface area contributed by atoms with Gasteiger partial charge >= 0.3 is 5.97 Å². The highest BCUT2D eigenvalue weighted by Crippen LogP contribution is 2.39. The molecule has 0 spiro atoms. The number of esters is 1. The molecule has 0 radical (unpaired) electrons. The number of carbonyl (C=O) groups excluding carboxylic acids is 1. The fourth-order valence-electron chi connectivity index (χ4n) is 5.45. The van der Waals surface area contributed by atoms with E-state index < -0.39 is 22.8 Å². The third kappa shape index (κ3) is 6.33. The fraction of sp³-hybridized carbons (Fsp3) is 0.387. The minimum Gasteiger partial charge on any atom is -0.490 e. The van der Waals surface area contributed by atoms with Crippen LogP contribution in [0.1, 0.15) is 72.8 Å². The van der Waals surface area contributed by atoms with Crippen LogP contribution in [0, 0.1) is 11.7 Å². The summed E-state index contributed by atoms with van der Waals surface area (Å²) in [4.78, 5) is 17.2. The first-order valence-corrected chi connectivity index (χ1v) is 16.6. The zero-order valence-electron chi connectivity index (χ0n) is 23.4. The number of rotatable bonds is 11. The number of hydrogen-bond donors (Lipinski definition) is 1. The van der Waals surface area contributed by atoms with Crippen LogP contribution in [0.5, 0.6) is 5.75 Å². The van der Waals surface area contributed by atoms with Gasteiger partial charge in [0.1, 0.15) is 11.6 Å². The molecule has 2 saturated carbocycles. The molecule has 2 N–H and O–H groups in total. The number of thiol groups is 1. The Balaban J connectivity index is 1.46. The molecule has 2 aliphatic rings. The Morgan fingerprint density at radius 3 is 2.69 bits per heavy atom. The molecule has 0 aliphatic heterocycles. The number of benzene rings is 2. The van der Waals surface area contributed by atoms with Crippen molar-refractivity contribution in [3.8, 4) is 22.1 Å². The SMILES string of the molecule is CCOC(=O)c1csc(-n2nc(-c3cccc(OC4CCCC4)c3)c(Cc3ccc([SH+](N)=O)cc3F)c2CC2CC2)n1. The second-order valence-electron chi connectivity index (χ2n) is 10.9. The second kappa shape index (κ2) is 12.4. The van der Waals surface area contributed by atoms with Crippen molar-refractivity contribution >= 4 is 28.3 Å². The molecule has 2 fully saturated rings. The van der Waals surface area contributed by atoms with E-state index in [2.05, 4.69) is 4.98 Å². The summed E-state index contributed by atoms with van der Waals surface area (Å²) in [5.41, 5.74) is 4.09. The van der Waals surface area contributed by atoms with E-state index in [0.29, 0.717) is 22.3 Å². The number of thiazole rings is 1. The topological polar surface area (TPSA) is 109 Å². The smallest absolute Gasteiger partial charge is 0.357 e. The summed E-state index contributed by atoms with van der Waals surface area (Å²) >= 11 is 1.32. The number of aromatic nitrogens is 3. The zero-order valence-corrected chi connectivity index (χ0v) is 25.1. The van der Waals surface area contributed by atoms with Crippen molar-refractivity contribution in [2.24, 2.45) is 11.1 Å². The van der Waals surface area contributed by atoms with Crippen molar-refractivity contribution in [2.45, 2.75) is 69.3 Å². The third-order valence-corrected chi connectivity index (χ3v) is 9.40. The van der Waals surface area contributed by atoms with Gasteiger partial charge in [-0.1, -0.05) is 22.4 Å². The molecule has 6 rings (SSSR count). The van der Waals surface area contributed by atoms with Crippen LogP contribution in [0.4, 0.5) is 4.39 Å². The van der Waals surface area contributed by atoms with E-state index in [1.54, 1.807) is 24.4 Å². The molecule has 8 nitrogen and oxygen atoms in total. The molecule has 220 valence electrons. The maximum atomic E-state index is 15.3. The molecule has 11 heteroatoms. The molecular weight excluding hydrogens is 575 g/mol. The summed E-state index contributed by atoms with van der Waals surface area (Å²) in [6, 6.07) is 12.4. The zero-order chi connectivity index (χ0) is 29.2. The van der Waals surface area contributed by atoms with Crippen molar-refractivity contribution in [2.75, 3.05) is 6.61 Å². The summed E-state index contributed by atoms with van der Waals surface area (Å²) in [6.45, 7) is 2.02. The van der Waals surface area contributed by atoms with Crippen LogP contribution < -0.4 is 9.88 Å². The van der Waals surface area contributed by atoms with Crippen molar-refractivity contribution < 1.29 is 22.9 Å². The minimum absolute atomic E-state index is 0.209. The monoisotopic (exact) mass is 609 g/mol. The summed E-state index contributed by atoms with van der Waals surface area (Å²) in [7, 11) is -2.14. The minimum atomic E-state index is -2.14. The van der Waals surface area contributed by atoms with Gasteiger partial charge in [-0.15, -0.1) is 16.5 Å². The molecule has 1 atom stereocenters. The van der Waals surface area contributed by atoms with E-state index in [0.717, 1.165) is 54.7 Å². The average molecular weight is 610 g/mol. The van der Waals surface area contributed by atoms with Crippen molar-refractivity contribution in [1.82, 2.24) is 14.8 Å². The van der Waals surface area contributed by atoms with Gasteiger partial charge in [-0.3, -0.25) is 0 Å². The van der Waals surface area contributed by atoms with Crippen LogP contribution in [0.3, 0.4) is 0 Å². The first-order chi connectivity index (χ1) is 20.4. The third-order valence-electron chi connectivity index (χ3n) is 7.80. The molecule has 2 aliphatic carbocycles. The number of ether oxygens (including phenoxy) is 2. The Kier molecular flexibility index (Phi) is 8.50. The fourth-order valence-corrected chi connectivity index (χ4v) is 6.68. The Morgan fingerprint density at radius 1 is 1.17 bits per heavy atom. The van der Waals surface area contributed by atoms with E-state index in [1.807, 2.05) is 28.9 Å². The number of nitrogens with zero attached hydrogens (tertiary/aromatic N) is 3. The highest BCUT2D eigenvalue weighted by Gasteiger charge is 2.30. The summed E-state index contributed by atoms with van der Waals surface area (Å²) < 4.78 is 40.4. The number of carbonyl (C=O) groups is 1. The predicted octanol–water partition coefficient (Wildman–Crippen LogP) is 6.11. The van der Waals surface area contributed by atoms with Gasteiger partial charge in [0.25, 0.3) is 0 Å².